The molecule has 0 amide bonds. The third-order valence-corrected chi connectivity index (χ3v) is 4.89. The number of hydrogen-bond donors (Lipinski definition) is 1. The Balaban J connectivity index is 2.97. The van der Waals surface area contributed by atoms with E-state index in [0.717, 1.165) is 30.4 Å². The number of primary sulfonamides is 1. The summed E-state index contributed by atoms with van der Waals surface area (Å²) in [4.78, 5) is 0. The lowest BCUT2D eigenvalue weighted by molar-refractivity contribution is 0.599. The van der Waals surface area contributed by atoms with Crippen LogP contribution in [0.2, 0.25) is 0 Å². The summed E-state index contributed by atoms with van der Waals surface area (Å²) < 4.78 is 22.6. The van der Waals surface area contributed by atoms with Crippen LogP contribution in [0.15, 0.2) is 9.59 Å². The highest BCUT2D eigenvalue weighted by Crippen LogP contribution is 2.26. The number of thiophene rings is 1. The zero-order valence-corrected chi connectivity index (χ0v) is 10.0. The molecular weight excluding hydrogens is 218 g/mol. The topological polar surface area (TPSA) is 60.2 Å². The molecule has 1 aromatic rings. The molecule has 0 saturated carbocycles. The predicted molar refractivity (Wildman–Crippen MR) is 59.0 cm³/mol. The Kier molecular flexibility index (Phi) is 3.69. The van der Waals surface area contributed by atoms with Crippen LogP contribution in [-0.2, 0) is 16.4 Å². The monoisotopic (exact) mass is 233 g/mol. The number of unbranched alkanes of at least 4 members (excludes halogenated alkanes) is 1. The van der Waals surface area contributed by atoms with Crippen molar-refractivity contribution >= 4 is 21.4 Å². The van der Waals surface area contributed by atoms with Gasteiger partial charge < -0.3 is 0 Å². The van der Waals surface area contributed by atoms with Gasteiger partial charge in [0, 0.05) is 0 Å². The third kappa shape index (κ3) is 2.56. The van der Waals surface area contributed by atoms with E-state index < -0.39 is 10.0 Å². The molecule has 0 aromatic carbocycles. The molecule has 0 aliphatic heterocycles. The average Bonchev–Trinajstić information content (AvgIpc) is 2.42. The fourth-order valence-corrected chi connectivity index (χ4v) is 3.42. The van der Waals surface area contributed by atoms with Crippen LogP contribution in [0.25, 0.3) is 0 Å². The van der Waals surface area contributed by atoms with Gasteiger partial charge in [-0.2, -0.15) is 0 Å². The van der Waals surface area contributed by atoms with Crippen molar-refractivity contribution in [1.82, 2.24) is 0 Å². The first-order valence-corrected chi connectivity index (χ1v) is 6.99. The summed E-state index contributed by atoms with van der Waals surface area (Å²) in [5, 5.41) is 6.98. The molecule has 3 nitrogen and oxygen atoms in total. The van der Waals surface area contributed by atoms with E-state index in [0.29, 0.717) is 4.21 Å². The van der Waals surface area contributed by atoms with Gasteiger partial charge in [0.2, 0.25) is 10.0 Å². The molecule has 2 N–H and O–H groups in total. The normalized spacial score (nSPS) is 11.9. The fraction of sp³-hybridized carbons (Fsp3) is 0.556. The SMILES string of the molecule is CCCCc1csc(S(N)(=O)=O)c1C. The summed E-state index contributed by atoms with van der Waals surface area (Å²) in [5.74, 6) is 0. The van der Waals surface area contributed by atoms with Crippen LogP contribution in [0, 0.1) is 6.92 Å². The van der Waals surface area contributed by atoms with Crippen molar-refractivity contribution in [3.8, 4) is 0 Å². The van der Waals surface area contributed by atoms with Crippen molar-refractivity contribution < 1.29 is 8.42 Å². The van der Waals surface area contributed by atoms with E-state index in [2.05, 4.69) is 6.92 Å². The van der Waals surface area contributed by atoms with Crippen molar-refractivity contribution in [3.05, 3.63) is 16.5 Å². The molecule has 14 heavy (non-hydrogen) atoms. The summed E-state index contributed by atoms with van der Waals surface area (Å²) in [7, 11) is -3.52. The van der Waals surface area contributed by atoms with Crippen LogP contribution in [0.4, 0.5) is 0 Å². The van der Waals surface area contributed by atoms with Crippen LogP contribution >= 0.6 is 11.3 Å². The van der Waals surface area contributed by atoms with Gasteiger partial charge in [-0.3, -0.25) is 0 Å². The van der Waals surface area contributed by atoms with Gasteiger partial charge in [-0.25, -0.2) is 13.6 Å². The molecule has 0 spiro atoms. The molecule has 0 bridgehead atoms. The van der Waals surface area contributed by atoms with Crippen molar-refractivity contribution in [3.63, 3.8) is 0 Å². The minimum Gasteiger partial charge on any atom is -0.224 e. The predicted octanol–water partition coefficient (Wildman–Crippen LogP) is 2.05. The molecule has 5 heteroatoms. The number of nitrogens with two attached hydrogens (primary N) is 1. The largest absolute Gasteiger partial charge is 0.247 e. The number of aryl methyl sites for hydroxylation is 1. The maximum Gasteiger partial charge on any atom is 0.247 e. The Morgan fingerprint density at radius 2 is 2.14 bits per heavy atom. The van der Waals surface area contributed by atoms with Crippen molar-refractivity contribution in [2.75, 3.05) is 0 Å². The van der Waals surface area contributed by atoms with Crippen LogP contribution in [0.5, 0.6) is 0 Å². The molecule has 0 aliphatic carbocycles. The summed E-state index contributed by atoms with van der Waals surface area (Å²) in [6.45, 7) is 3.93. The van der Waals surface area contributed by atoms with Gasteiger partial charge in [0.15, 0.2) is 0 Å². The lowest BCUT2D eigenvalue weighted by atomic mass is 10.1. The highest BCUT2D eigenvalue weighted by atomic mass is 32.2. The summed E-state index contributed by atoms with van der Waals surface area (Å²) >= 11 is 1.22. The summed E-state index contributed by atoms with van der Waals surface area (Å²) in [6, 6.07) is 0. The zero-order valence-electron chi connectivity index (χ0n) is 8.41. The summed E-state index contributed by atoms with van der Waals surface area (Å²) in [6.07, 6.45) is 3.13. The molecule has 0 saturated heterocycles. The molecule has 80 valence electrons. The molecule has 0 aliphatic rings. The highest BCUT2D eigenvalue weighted by Gasteiger charge is 2.16. The van der Waals surface area contributed by atoms with Gasteiger partial charge in [-0.1, -0.05) is 13.3 Å². The lowest BCUT2D eigenvalue weighted by Crippen LogP contribution is -2.11. The van der Waals surface area contributed by atoms with Gasteiger partial charge >= 0.3 is 0 Å². The molecule has 1 rings (SSSR count). The Morgan fingerprint density at radius 3 is 2.57 bits per heavy atom. The zero-order chi connectivity index (χ0) is 10.8. The second kappa shape index (κ2) is 4.42. The van der Waals surface area contributed by atoms with Gasteiger partial charge in [0.25, 0.3) is 0 Å². The molecule has 0 fully saturated rings. The second-order valence-corrected chi connectivity index (χ2v) is 5.96. The van der Waals surface area contributed by atoms with Gasteiger partial charge in [0.05, 0.1) is 0 Å². The van der Waals surface area contributed by atoms with E-state index in [4.69, 9.17) is 5.14 Å². The molecule has 0 atom stereocenters. The first kappa shape index (κ1) is 11.7. The van der Waals surface area contributed by atoms with Gasteiger partial charge in [-0.05, 0) is 36.3 Å². The quantitative estimate of drug-likeness (QED) is 0.865. The Morgan fingerprint density at radius 1 is 1.50 bits per heavy atom. The van der Waals surface area contributed by atoms with E-state index in [1.54, 1.807) is 0 Å². The number of hydrogen-bond acceptors (Lipinski definition) is 3. The maximum absolute atomic E-state index is 11.1. The van der Waals surface area contributed by atoms with Crippen LogP contribution in [0.1, 0.15) is 30.9 Å². The molecule has 1 aromatic heterocycles. The van der Waals surface area contributed by atoms with Gasteiger partial charge in [0.1, 0.15) is 4.21 Å². The Bertz CT molecular complexity index is 406. The minimum atomic E-state index is -3.52. The van der Waals surface area contributed by atoms with E-state index in [-0.39, 0.29) is 0 Å². The van der Waals surface area contributed by atoms with E-state index in [1.807, 2.05) is 12.3 Å². The highest BCUT2D eigenvalue weighted by molar-refractivity contribution is 7.91. The Labute approximate surface area is 89.0 Å². The van der Waals surface area contributed by atoms with Crippen molar-refractivity contribution in [2.24, 2.45) is 5.14 Å². The summed E-state index contributed by atoms with van der Waals surface area (Å²) in [5.41, 5.74) is 1.94. The minimum absolute atomic E-state index is 0.309. The fourth-order valence-electron chi connectivity index (χ4n) is 1.33. The van der Waals surface area contributed by atoms with Crippen LogP contribution in [0.3, 0.4) is 0 Å². The average molecular weight is 233 g/mol. The van der Waals surface area contributed by atoms with E-state index in [1.165, 1.54) is 11.3 Å². The van der Waals surface area contributed by atoms with Crippen LogP contribution in [-0.4, -0.2) is 8.42 Å². The molecule has 1 heterocycles. The first-order chi connectivity index (χ1) is 6.46. The van der Waals surface area contributed by atoms with E-state index >= 15 is 0 Å². The standard InChI is InChI=1S/C9H15NO2S2/c1-3-4-5-8-6-13-9(7(8)2)14(10,11)12/h6H,3-5H2,1-2H3,(H2,10,11,12). The number of sulfonamides is 1. The first-order valence-electron chi connectivity index (χ1n) is 4.56. The number of rotatable bonds is 4. The van der Waals surface area contributed by atoms with Crippen LogP contribution < -0.4 is 5.14 Å². The molecule has 0 radical (unpaired) electrons. The molecule has 0 unspecified atom stereocenters. The van der Waals surface area contributed by atoms with E-state index in [9.17, 15) is 8.42 Å². The maximum atomic E-state index is 11.1. The third-order valence-electron chi connectivity index (χ3n) is 2.15. The smallest absolute Gasteiger partial charge is 0.224 e. The lowest BCUT2D eigenvalue weighted by Gasteiger charge is -1.99. The van der Waals surface area contributed by atoms with Crippen molar-refractivity contribution in [1.29, 1.82) is 0 Å². The second-order valence-electron chi connectivity index (χ2n) is 3.32. The Hall–Kier alpha value is -0.390. The molecular formula is C9H15NO2S2. The van der Waals surface area contributed by atoms with Gasteiger partial charge in [-0.15, -0.1) is 11.3 Å². The van der Waals surface area contributed by atoms with Crippen molar-refractivity contribution in [2.45, 2.75) is 37.3 Å².